The lowest BCUT2D eigenvalue weighted by molar-refractivity contribution is -0.132. The van der Waals surface area contributed by atoms with Crippen molar-refractivity contribution in [1.29, 1.82) is 0 Å². The van der Waals surface area contributed by atoms with Crippen LogP contribution < -0.4 is 5.32 Å². The van der Waals surface area contributed by atoms with Gasteiger partial charge in [-0.2, -0.15) is 0 Å². The zero-order valence-electron chi connectivity index (χ0n) is 16.7. The molecule has 2 N–H and O–H groups in total. The van der Waals surface area contributed by atoms with Crippen LogP contribution in [0.15, 0.2) is 48.8 Å². The van der Waals surface area contributed by atoms with E-state index in [4.69, 9.17) is 0 Å². The largest absolute Gasteiger partial charge is 0.389 e. The number of imidazole rings is 1. The molecule has 0 radical (unpaired) electrons. The number of imide groups is 1. The number of nitrogens with one attached hydrogen (secondary N) is 1. The first kappa shape index (κ1) is 19.1. The summed E-state index contributed by atoms with van der Waals surface area (Å²) in [7, 11) is 0. The van der Waals surface area contributed by atoms with E-state index in [1.165, 1.54) is 0 Å². The molecule has 1 fully saturated rings. The second-order valence-corrected chi connectivity index (χ2v) is 7.81. The van der Waals surface area contributed by atoms with Gasteiger partial charge in [0.05, 0.1) is 36.6 Å². The number of carbonyl (C=O) groups is 2. The van der Waals surface area contributed by atoms with Gasteiger partial charge in [0.1, 0.15) is 5.54 Å². The summed E-state index contributed by atoms with van der Waals surface area (Å²) in [6.07, 6.45) is 0.758. The van der Waals surface area contributed by atoms with Crippen LogP contribution in [0.25, 0.3) is 11.0 Å². The molecular formula is C22H24N4O3. The number of aliphatic hydroxyl groups is 1. The molecule has 1 aromatic heterocycles. The molecule has 1 aliphatic rings. The van der Waals surface area contributed by atoms with E-state index >= 15 is 0 Å². The monoisotopic (exact) mass is 392 g/mol. The van der Waals surface area contributed by atoms with E-state index in [9.17, 15) is 14.7 Å². The lowest BCUT2D eigenvalue weighted by Gasteiger charge is -2.23. The molecule has 7 nitrogen and oxygen atoms in total. The van der Waals surface area contributed by atoms with Crippen molar-refractivity contribution in [3.05, 3.63) is 65.5 Å². The molecule has 0 saturated carbocycles. The van der Waals surface area contributed by atoms with Crippen molar-refractivity contribution in [2.45, 2.75) is 39.0 Å². The highest BCUT2D eigenvalue weighted by atomic mass is 16.3. The summed E-state index contributed by atoms with van der Waals surface area (Å²) < 4.78 is 1.85. The molecule has 2 aromatic carbocycles. The molecule has 4 rings (SSSR count). The van der Waals surface area contributed by atoms with Crippen LogP contribution in [0, 0.1) is 13.8 Å². The highest BCUT2D eigenvalue weighted by Gasteiger charge is 2.49. The fourth-order valence-corrected chi connectivity index (χ4v) is 3.78. The molecule has 3 amide bonds. The predicted octanol–water partition coefficient (Wildman–Crippen LogP) is 2.48. The summed E-state index contributed by atoms with van der Waals surface area (Å²) in [6.45, 7) is 5.89. The zero-order valence-corrected chi connectivity index (χ0v) is 16.7. The van der Waals surface area contributed by atoms with Gasteiger partial charge in [0.2, 0.25) is 0 Å². The quantitative estimate of drug-likeness (QED) is 0.653. The van der Waals surface area contributed by atoms with Crippen molar-refractivity contribution in [1.82, 2.24) is 19.8 Å². The van der Waals surface area contributed by atoms with Gasteiger partial charge in [0.25, 0.3) is 5.91 Å². The van der Waals surface area contributed by atoms with E-state index in [0.717, 1.165) is 27.1 Å². The Bertz CT molecular complexity index is 1090. The molecule has 0 bridgehead atoms. The Morgan fingerprint density at radius 3 is 2.52 bits per heavy atom. The lowest BCUT2D eigenvalue weighted by atomic mass is 9.92. The molecule has 0 spiro atoms. The smallest absolute Gasteiger partial charge is 0.325 e. The van der Waals surface area contributed by atoms with Crippen molar-refractivity contribution >= 4 is 23.0 Å². The molecule has 150 valence electrons. The summed E-state index contributed by atoms with van der Waals surface area (Å²) in [5, 5.41) is 13.4. The third kappa shape index (κ3) is 3.27. The van der Waals surface area contributed by atoms with E-state index in [0.29, 0.717) is 5.56 Å². The number of amides is 3. The Hall–Kier alpha value is -3.19. The van der Waals surface area contributed by atoms with Gasteiger partial charge in [-0.25, -0.2) is 9.78 Å². The molecule has 1 saturated heterocycles. The number of hydrogen-bond acceptors (Lipinski definition) is 4. The maximum Gasteiger partial charge on any atom is 0.325 e. The highest BCUT2D eigenvalue weighted by molar-refractivity contribution is 6.07. The second kappa shape index (κ2) is 7.00. The van der Waals surface area contributed by atoms with Crippen LogP contribution in [0.1, 0.15) is 23.6 Å². The molecule has 2 heterocycles. The van der Waals surface area contributed by atoms with Crippen LogP contribution in [0.4, 0.5) is 4.79 Å². The number of nitrogens with zero attached hydrogens (tertiary/aromatic N) is 3. The molecular weight excluding hydrogens is 368 g/mol. The number of benzene rings is 2. The Balaban J connectivity index is 1.52. The molecule has 1 aliphatic heterocycles. The fraction of sp³-hybridized carbons (Fsp3) is 0.318. The van der Waals surface area contributed by atoms with Crippen LogP contribution >= 0.6 is 0 Å². The fourth-order valence-electron chi connectivity index (χ4n) is 3.78. The number of aliphatic hydroxyl groups excluding tert-OH is 1. The molecule has 3 aromatic rings. The van der Waals surface area contributed by atoms with Crippen LogP contribution in [0.2, 0.25) is 0 Å². The van der Waals surface area contributed by atoms with Crippen LogP contribution in [0.3, 0.4) is 0 Å². The zero-order chi connectivity index (χ0) is 20.8. The summed E-state index contributed by atoms with van der Waals surface area (Å²) >= 11 is 0. The Labute approximate surface area is 169 Å². The van der Waals surface area contributed by atoms with Crippen LogP contribution in [-0.2, 0) is 16.9 Å². The number of urea groups is 1. The highest BCUT2D eigenvalue weighted by Crippen LogP contribution is 2.29. The first-order valence-electron chi connectivity index (χ1n) is 9.59. The maximum absolute atomic E-state index is 13.0. The molecule has 0 unspecified atom stereocenters. The first-order chi connectivity index (χ1) is 13.8. The number of aryl methyl sites for hydroxylation is 2. The summed E-state index contributed by atoms with van der Waals surface area (Å²) in [6, 6.07) is 12.7. The summed E-state index contributed by atoms with van der Waals surface area (Å²) in [5.74, 6) is -0.366. The van der Waals surface area contributed by atoms with E-state index < -0.39 is 17.7 Å². The lowest BCUT2D eigenvalue weighted by Crippen LogP contribution is -2.42. The van der Waals surface area contributed by atoms with Crippen molar-refractivity contribution in [3.63, 3.8) is 0 Å². The average molecular weight is 392 g/mol. The van der Waals surface area contributed by atoms with Gasteiger partial charge in [-0.1, -0.05) is 30.3 Å². The second-order valence-electron chi connectivity index (χ2n) is 7.81. The number of rotatable bonds is 5. The van der Waals surface area contributed by atoms with Gasteiger partial charge in [-0.05, 0) is 49.6 Å². The molecule has 29 heavy (non-hydrogen) atoms. The molecule has 2 atom stereocenters. The number of carbonyl (C=O) groups excluding carboxylic acids is 2. The predicted molar refractivity (Wildman–Crippen MR) is 109 cm³/mol. The minimum atomic E-state index is -1.13. The van der Waals surface area contributed by atoms with Crippen molar-refractivity contribution in [2.75, 3.05) is 6.54 Å². The van der Waals surface area contributed by atoms with Crippen molar-refractivity contribution in [3.8, 4) is 0 Å². The van der Waals surface area contributed by atoms with E-state index in [2.05, 4.69) is 10.3 Å². The van der Waals surface area contributed by atoms with Crippen molar-refractivity contribution in [2.24, 2.45) is 0 Å². The Morgan fingerprint density at radius 2 is 1.79 bits per heavy atom. The van der Waals surface area contributed by atoms with Gasteiger partial charge in [0.15, 0.2) is 0 Å². The maximum atomic E-state index is 13.0. The third-order valence-electron chi connectivity index (χ3n) is 5.66. The Morgan fingerprint density at radius 1 is 1.10 bits per heavy atom. The van der Waals surface area contributed by atoms with Crippen molar-refractivity contribution < 1.29 is 14.7 Å². The normalized spacial score (nSPS) is 20.3. The van der Waals surface area contributed by atoms with Gasteiger partial charge < -0.3 is 15.0 Å². The first-order valence-corrected chi connectivity index (χ1v) is 9.59. The van der Waals surface area contributed by atoms with Gasteiger partial charge in [-0.3, -0.25) is 9.69 Å². The average Bonchev–Trinajstić information content (AvgIpc) is 3.17. The topological polar surface area (TPSA) is 87.5 Å². The number of hydrogen-bond donors (Lipinski definition) is 2. The van der Waals surface area contributed by atoms with Gasteiger partial charge in [-0.15, -0.1) is 0 Å². The molecule has 0 aliphatic carbocycles. The van der Waals surface area contributed by atoms with E-state index in [1.54, 1.807) is 25.4 Å². The standard InChI is InChI=1S/C22H24N4O3/c1-14-9-18-19(10-15(14)2)25(13-23-18)11-17(27)12-26-20(28)22(3,24-21(26)29)16-7-5-4-6-8-16/h4-10,13,17,27H,11-12H2,1-3H3,(H,24,29)/t17-,22+/m0/s1. The van der Waals surface area contributed by atoms with Crippen LogP contribution in [-0.4, -0.2) is 44.1 Å². The van der Waals surface area contributed by atoms with E-state index in [-0.39, 0.29) is 19.0 Å². The molecule has 7 heteroatoms. The minimum Gasteiger partial charge on any atom is -0.389 e. The van der Waals surface area contributed by atoms with Crippen LogP contribution in [0.5, 0.6) is 0 Å². The summed E-state index contributed by atoms with van der Waals surface area (Å²) in [4.78, 5) is 30.9. The van der Waals surface area contributed by atoms with Gasteiger partial charge >= 0.3 is 6.03 Å². The number of β-amino-alcohol motifs (C(OH)–C–C–N with tert-alkyl or cyclic N) is 1. The van der Waals surface area contributed by atoms with Gasteiger partial charge in [0, 0.05) is 0 Å². The Kier molecular flexibility index (Phi) is 4.62. The SMILES string of the molecule is Cc1cc2ncn(C[C@H](O)CN3C(=O)N[C@](C)(c4ccccc4)C3=O)c2cc1C. The number of aromatic nitrogens is 2. The minimum absolute atomic E-state index is 0.0857. The third-order valence-corrected chi connectivity index (χ3v) is 5.66. The van der Waals surface area contributed by atoms with E-state index in [1.807, 2.05) is 48.7 Å². The summed E-state index contributed by atoms with van der Waals surface area (Å²) in [5.41, 5.74) is 3.64. The number of fused-ring (bicyclic) bond motifs is 1.